The van der Waals surface area contributed by atoms with Crippen molar-refractivity contribution in [3.05, 3.63) is 76.6 Å². The van der Waals surface area contributed by atoms with Crippen molar-refractivity contribution in [3.8, 4) is 5.75 Å². The molecule has 6 rings (SSSR count). The van der Waals surface area contributed by atoms with Gasteiger partial charge in [-0.3, -0.25) is 9.78 Å². The number of benzene rings is 1. The van der Waals surface area contributed by atoms with Gasteiger partial charge in [0.25, 0.3) is 0 Å². The first kappa shape index (κ1) is 26.0. The molecule has 9 heteroatoms. The molecule has 2 atom stereocenters. The van der Waals surface area contributed by atoms with E-state index < -0.39 is 0 Å². The Morgan fingerprint density at radius 2 is 1.92 bits per heavy atom. The normalized spacial score (nSPS) is 21.0. The smallest absolute Gasteiger partial charge is 0.227 e. The van der Waals surface area contributed by atoms with Crippen LogP contribution in [0.3, 0.4) is 0 Å². The number of carbonyl (C=O) groups is 1. The van der Waals surface area contributed by atoms with Crippen LogP contribution >= 0.6 is 11.6 Å². The quantitative estimate of drug-likeness (QED) is 0.389. The van der Waals surface area contributed by atoms with Crippen LogP contribution in [0.4, 0.5) is 10.3 Å². The Bertz CT molecular complexity index is 1310. The van der Waals surface area contributed by atoms with Gasteiger partial charge in [0.1, 0.15) is 11.6 Å². The summed E-state index contributed by atoms with van der Waals surface area (Å²) in [5, 5.41) is 0.559. The van der Waals surface area contributed by atoms with E-state index in [0.29, 0.717) is 41.9 Å². The molecule has 0 N–H and O–H groups in total. The van der Waals surface area contributed by atoms with Crippen LogP contribution in [0.1, 0.15) is 42.5 Å². The number of hydrogen-bond donors (Lipinski definition) is 0. The summed E-state index contributed by atoms with van der Waals surface area (Å²) in [5.41, 5.74) is 2.51. The largest absolute Gasteiger partial charge is 0.493 e. The van der Waals surface area contributed by atoms with Crippen LogP contribution < -0.4 is 9.64 Å². The molecule has 204 valence electrons. The molecule has 0 bridgehead atoms. The van der Waals surface area contributed by atoms with Crippen molar-refractivity contribution >= 4 is 23.5 Å². The standard InChI is InChI=1S/C30H33ClFN5O2/c31-24-17-34-30(35-18-24)36-10-5-20(6-11-36)26-14-21(26)8-13-39-25-4-3-22(27(32)16-25)15-29(38)37-12-7-28-23(19-37)2-1-9-33-28/h1-4,9,16-18,20-21,26H,5-8,10-15,19H2/t21-,26-/m1/s1. The molecule has 4 heterocycles. The number of halogens is 2. The number of carbonyl (C=O) groups excluding carboxylic acids is 1. The predicted octanol–water partition coefficient (Wildman–Crippen LogP) is 5.11. The molecule has 39 heavy (non-hydrogen) atoms. The summed E-state index contributed by atoms with van der Waals surface area (Å²) >= 11 is 5.90. The van der Waals surface area contributed by atoms with Gasteiger partial charge in [0, 0.05) is 50.6 Å². The van der Waals surface area contributed by atoms with E-state index in [0.717, 1.165) is 67.8 Å². The van der Waals surface area contributed by atoms with E-state index in [-0.39, 0.29) is 18.1 Å². The van der Waals surface area contributed by atoms with E-state index in [4.69, 9.17) is 16.3 Å². The minimum absolute atomic E-state index is 0.0500. The van der Waals surface area contributed by atoms with E-state index >= 15 is 0 Å². The molecule has 2 fully saturated rings. The van der Waals surface area contributed by atoms with Gasteiger partial charge >= 0.3 is 0 Å². The van der Waals surface area contributed by atoms with Crippen molar-refractivity contribution in [2.24, 2.45) is 17.8 Å². The van der Waals surface area contributed by atoms with E-state index in [9.17, 15) is 9.18 Å². The number of amides is 1. The summed E-state index contributed by atoms with van der Waals surface area (Å²) in [7, 11) is 0. The van der Waals surface area contributed by atoms with Crippen molar-refractivity contribution in [3.63, 3.8) is 0 Å². The molecule has 2 aromatic heterocycles. The molecule has 2 aliphatic heterocycles. The Balaban J connectivity index is 0.924. The average Bonchev–Trinajstić information content (AvgIpc) is 3.74. The maximum absolute atomic E-state index is 14.8. The average molecular weight is 550 g/mol. The highest BCUT2D eigenvalue weighted by molar-refractivity contribution is 6.30. The lowest BCUT2D eigenvalue weighted by Gasteiger charge is -2.32. The van der Waals surface area contributed by atoms with E-state index in [1.54, 1.807) is 35.6 Å². The molecule has 3 aromatic rings. The number of anilines is 1. The van der Waals surface area contributed by atoms with Gasteiger partial charge in [-0.05, 0) is 66.7 Å². The fourth-order valence-corrected chi connectivity index (χ4v) is 6.22. The Hall–Kier alpha value is -3.26. The van der Waals surface area contributed by atoms with Crippen LogP contribution in [-0.2, 0) is 24.2 Å². The molecule has 0 unspecified atom stereocenters. The monoisotopic (exact) mass is 549 g/mol. The molecule has 7 nitrogen and oxygen atoms in total. The second-order valence-corrected chi connectivity index (χ2v) is 11.4. The van der Waals surface area contributed by atoms with E-state index in [2.05, 4.69) is 19.9 Å². The predicted molar refractivity (Wildman–Crippen MR) is 147 cm³/mol. The third-order valence-corrected chi connectivity index (χ3v) is 8.65. The second-order valence-electron chi connectivity index (χ2n) is 10.9. The van der Waals surface area contributed by atoms with Gasteiger partial charge in [-0.25, -0.2) is 14.4 Å². The lowest BCUT2D eigenvalue weighted by molar-refractivity contribution is -0.131. The first-order valence-corrected chi connectivity index (χ1v) is 14.3. The Kier molecular flexibility index (Phi) is 7.64. The van der Waals surface area contributed by atoms with Crippen LogP contribution in [-0.4, -0.2) is 52.0 Å². The minimum Gasteiger partial charge on any atom is -0.493 e. The second kappa shape index (κ2) is 11.5. The highest BCUT2D eigenvalue weighted by Crippen LogP contribution is 2.49. The molecule has 1 saturated heterocycles. The van der Waals surface area contributed by atoms with Gasteiger partial charge in [-0.1, -0.05) is 23.7 Å². The summed E-state index contributed by atoms with van der Waals surface area (Å²) in [6.45, 7) is 3.68. The SMILES string of the molecule is O=C(Cc1ccc(OCC[C@@H]2C[C@@H]2C2CCN(c3ncc(Cl)cn3)CC2)cc1F)N1CCc2ncccc2C1. The van der Waals surface area contributed by atoms with Gasteiger partial charge in [-0.15, -0.1) is 0 Å². The fourth-order valence-electron chi connectivity index (χ4n) is 6.12. The zero-order valence-electron chi connectivity index (χ0n) is 21.9. The van der Waals surface area contributed by atoms with Crippen molar-refractivity contribution in [2.75, 3.05) is 31.1 Å². The number of hydrogen-bond acceptors (Lipinski definition) is 6. The number of rotatable bonds is 8. The zero-order valence-corrected chi connectivity index (χ0v) is 22.7. The lowest BCUT2D eigenvalue weighted by Crippen LogP contribution is -2.37. The minimum atomic E-state index is -0.388. The number of aromatic nitrogens is 3. The van der Waals surface area contributed by atoms with E-state index in [1.165, 1.54) is 12.5 Å². The number of fused-ring (bicyclic) bond motifs is 1. The highest BCUT2D eigenvalue weighted by Gasteiger charge is 2.43. The highest BCUT2D eigenvalue weighted by atomic mass is 35.5. The molecular formula is C30H33ClFN5O2. The molecule has 1 amide bonds. The summed E-state index contributed by atoms with van der Waals surface area (Å²) < 4.78 is 20.7. The van der Waals surface area contributed by atoms with Crippen LogP contribution in [0.15, 0.2) is 48.9 Å². The van der Waals surface area contributed by atoms with Crippen molar-refractivity contribution < 1.29 is 13.9 Å². The number of ether oxygens (including phenoxy) is 1. The van der Waals surface area contributed by atoms with Crippen LogP contribution in [0.5, 0.6) is 5.75 Å². The molecule has 1 aromatic carbocycles. The van der Waals surface area contributed by atoms with Crippen molar-refractivity contribution in [1.29, 1.82) is 0 Å². The number of nitrogens with zero attached hydrogens (tertiary/aromatic N) is 5. The first-order chi connectivity index (χ1) is 19.0. The Labute approximate surface area is 233 Å². The third kappa shape index (κ3) is 6.16. The maximum Gasteiger partial charge on any atom is 0.227 e. The van der Waals surface area contributed by atoms with Crippen LogP contribution in [0, 0.1) is 23.6 Å². The van der Waals surface area contributed by atoms with Gasteiger partial charge in [-0.2, -0.15) is 0 Å². The fraction of sp³-hybridized carbons (Fsp3) is 0.467. The van der Waals surface area contributed by atoms with E-state index in [1.807, 2.05) is 12.1 Å². The first-order valence-electron chi connectivity index (χ1n) is 13.9. The van der Waals surface area contributed by atoms with Gasteiger partial charge in [0.2, 0.25) is 11.9 Å². The van der Waals surface area contributed by atoms with Crippen molar-refractivity contribution in [1.82, 2.24) is 19.9 Å². The van der Waals surface area contributed by atoms with Crippen molar-refractivity contribution in [2.45, 2.75) is 45.1 Å². The molecule has 0 spiro atoms. The molecule has 3 aliphatic rings. The maximum atomic E-state index is 14.8. The zero-order chi connectivity index (χ0) is 26.8. The number of piperidine rings is 1. The summed E-state index contributed by atoms with van der Waals surface area (Å²) in [4.78, 5) is 29.9. The van der Waals surface area contributed by atoms with Gasteiger partial charge < -0.3 is 14.5 Å². The topological polar surface area (TPSA) is 71.5 Å². The Morgan fingerprint density at radius 1 is 1.10 bits per heavy atom. The molecule has 1 aliphatic carbocycles. The lowest BCUT2D eigenvalue weighted by atomic mass is 9.90. The summed E-state index contributed by atoms with van der Waals surface area (Å²) in [6.07, 6.45) is 10.4. The van der Waals surface area contributed by atoms with Gasteiger partial charge in [0.05, 0.1) is 30.4 Å². The molecular weight excluding hydrogens is 517 g/mol. The van der Waals surface area contributed by atoms with Crippen LogP contribution in [0.25, 0.3) is 0 Å². The van der Waals surface area contributed by atoms with Gasteiger partial charge in [0.15, 0.2) is 0 Å². The molecule has 0 radical (unpaired) electrons. The third-order valence-electron chi connectivity index (χ3n) is 8.45. The number of pyridine rings is 1. The Morgan fingerprint density at radius 3 is 2.72 bits per heavy atom. The van der Waals surface area contributed by atoms with Crippen LogP contribution in [0.2, 0.25) is 5.02 Å². The summed E-state index contributed by atoms with van der Waals surface area (Å²) in [5.74, 6) is 3.00. The molecule has 1 saturated carbocycles. The summed E-state index contributed by atoms with van der Waals surface area (Å²) in [6, 6.07) is 8.76.